The van der Waals surface area contributed by atoms with Crippen LogP contribution >= 0.6 is 0 Å². The summed E-state index contributed by atoms with van der Waals surface area (Å²) in [4.78, 5) is 23.0. The Hall–Kier alpha value is -1.36. The fourth-order valence-corrected chi connectivity index (χ4v) is 1.69. The van der Waals surface area contributed by atoms with Gasteiger partial charge in [0.2, 0.25) is 0 Å². The van der Waals surface area contributed by atoms with Crippen LogP contribution in [0.15, 0.2) is 12.2 Å². The number of carbonyl (C=O) groups excluding carboxylic acids is 2. The molecule has 0 radical (unpaired) electrons. The summed E-state index contributed by atoms with van der Waals surface area (Å²) in [5, 5.41) is 9.98. The Labute approximate surface area is 108 Å². The van der Waals surface area contributed by atoms with E-state index in [-0.39, 0.29) is 5.57 Å². The molecule has 0 rings (SSSR count). The molecule has 0 aliphatic rings. The lowest BCUT2D eigenvalue weighted by Gasteiger charge is -2.21. The van der Waals surface area contributed by atoms with Crippen LogP contribution in [0.1, 0.15) is 32.6 Å². The van der Waals surface area contributed by atoms with Crippen molar-refractivity contribution in [2.75, 3.05) is 14.2 Å². The van der Waals surface area contributed by atoms with Crippen molar-refractivity contribution >= 4 is 11.9 Å². The summed E-state index contributed by atoms with van der Waals surface area (Å²) < 4.78 is 9.09. The third-order valence-corrected chi connectivity index (χ3v) is 2.77. The molecule has 0 aromatic heterocycles. The number of esters is 2. The quantitative estimate of drug-likeness (QED) is 0.405. The van der Waals surface area contributed by atoms with Gasteiger partial charge in [0.05, 0.1) is 20.3 Å². The molecule has 0 heterocycles. The van der Waals surface area contributed by atoms with Crippen LogP contribution in [-0.2, 0) is 19.1 Å². The first-order chi connectivity index (χ1) is 8.49. The average molecular weight is 258 g/mol. The Morgan fingerprint density at radius 2 is 1.83 bits per heavy atom. The lowest BCUT2D eigenvalue weighted by atomic mass is 9.91. The summed E-state index contributed by atoms with van der Waals surface area (Å²) in [5.41, 5.74) is -0.0756. The van der Waals surface area contributed by atoms with Crippen molar-refractivity contribution in [1.29, 1.82) is 0 Å². The number of hydrogen-bond donors (Lipinski definition) is 1. The Bertz CT molecular complexity index is 298. The smallest absolute Gasteiger partial charge is 0.334 e. The highest BCUT2D eigenvalue weighted by atomic mass is 16.5. The van der Waals surface area contributed by atoms with Crippen molar-refractivity contribution in [3.05, 3.63) is 12.2 Å². The van der Waals surface area contributed by atoms with Crippen LogP contribution in [0.2, 0.25) is 0 Å². The minimum Gasteiger partial charge on any atom is -0.468 e. The van der Waals surface area contributed by atoms with Crippen molar-refractivity contribution in [3.8, 4) is 0 Å². The van der Waals surface area contributed by atoms with Crippen LogP contribution in [0, 0.1) is 5.92 Å². The second kappa shape index (κ2) is 8.69. The first-order valence-corrected chi connectivity index (χ1v) is 6.02. The molecule has 0 unspecified atom stereocenters. The Morgan fingerprint density at radius 3 is 2.28 bits per heavy atom. The van der Waals surface area contributed by atoms with E-state index >= 15 is 0 Å². The lowest BCUT2D eigenvalue weighted by Crippen LogP contribution is -2.33. The molecular weight excluding hydrogens is 236 g/mol. The predicted molar refractivity (Wildman–Crippen MR) is 66.8 cm³/mol. The number of rotatable bonds is 8. The summed E-state index contributed by atoms with van der Waals surface area (Å²) in [5.74, 6) is -2.44. The van der Waals surface area contributed by atoms with E-state index in [1.54, 1.807) is 0 Å². The maximum absolute atomic E-state index is 11.6. The minimum absolute atomic E-state index is 0.0756. The molecule has 2 atom stereocenters. The third kappa shape index (κ3) is 4.87. The van der Waals surface area contributed by atoms with E-state index < -0.39 is 24.0 Å². The molecule has 5 nitrogen and oxygen atoms in total. The van der Waals surface area contributed by atoms with Crippen LogP contribution < -0.4 is 0 Å². The van der Waals surface area contributed by atoms with Gasteiger partial charge in [-0.25, -0.2) is 4.79 Å². The van der Waals surface area contributed by atoms with Gasteiger partial charge < -0.3 is 14.6 Å². The summed E-state index contributed by atoms with van der Waals surface area (Å²) in [6, 6.07) is 0. The summed E-state index contributed by atoms with van der Waals surface area (Å²) in [6.07, 6.45) is 2.18. The number of hydrogen-bond acceptors (Lipinski definition) is 5. The van der Waals surface area contributed by atoms with Crippen LogP contribution in [-0.4, -0.2) is 37.4 Å². The van der Waals surface area contributed by atoms with E-state index in [1.807, 2.05) is 6.92 Å². The predicted octanol–water partition coefficient (Wildman–Crippen LogP) is 1.45. The molecule has 0 aromatic carbocycles. The molecule has 0 saturated heterocycles. The zero-order valence-corrected chi connectivity index (χ0v) is 11.3. The van der Waals surface area contributed by atoms with Gasteiger partial charge in [0, 0.05) is 5.57 Å². The van der Waals surface area contributed by atoms with E-state index in [0.717, 1.165) is 19.3 Å². The van der Waals surface area contributed by atoms with E-state index in [1.165, 1.54) is 14.2 Å². The van der Waals surface area contributed by atoms with Crippen LogP contribution in [0.3, 0.4) is 0 Å². The maximum Gasteiger partial charge on any atom is 0.334 e. The van der Waals surface area contributed by atoms with Gasteiger partial charge in [-0.2, -0.15) is 0 Å². The van der Waals surface area contributed by atoms with Crippen LogP contribution in [0.4, 0.5) is 0 Å². The second-order valence-electron chi connectivity index (χ2n) is 4.08. The molecule has 1 N–H and O–H groups in total. The highest BCUT2D eigenvalue weighted by Gasteiger charge is 2.33. The SMILES string of the molecule is C=C(C(=O)OC)[C@@H](C(=O)OC)[C@H](O)CCCCC. The van der Waals surface area contributed by atoms with Gasteiger partial charge in [-0.05, 0) is 6.42 Å². The van der Waals surface area contributed by atoms with Crippen molar-refractivity contribution < 1.29 is 24.2 Å². The van der Waals surface area contributed by atoms with E-state index in [0.29, 0.717) is 6.42 Å². The Morgan fingerprint density at radius 1 is 1.22 bits per heavy atom. The molecule has 0 aromatic rings. The topological polar surface area (TPSA) is 72.8 Å². The first kappa shape index (κ1) is 16.6. The van der Waals surface area contributed by atoms with Gasteiger partial charge in [0.25, 0.3) is 0 Å². The molecule has 104 valence electrons. The summed E-state index contributed by atoms with van der Waals surface area (Å²) in [6.45, 7) is 5.55. The standard InChI is InChI=1S/C13H22O5/c1-5-6-7-8-10(14)11(13(16)18-4)9(2)12(15)17-3/h10-11,14H,2,5-8H2,1,3-4H3/t10-,11-/m1/s1. The lowest BCUT2D eigenvalue weighted by molar-refractivity contribution is -0.151. The molecular formula is C13H22O5. The fourth-order valence-electron chi connectivity index (χ4n) is 1.69. The zero-order valence-electron chi connectivity index (χ0n) is 11.3. The number of carbonyl (C=O) groups is 2. The van der Waals surface area contributed by atoms with E-state index in [4.69, 9.17) is 0 Å². The van der Waals surface area contributed by atoms with Gasteiger partial charge in [-0.3, -0.25) is 4.79 Å². The molecule has 18 heavy (non-hydrogen) atoms. The van der Waals surface area contributed by atoms with Crippen molar-refractivity contribution in [3.63, 3.8) is 0 Å². The molecule has 0 fully saturated rings. The second-order valence-corrected chi connectivity index (χ2v) is 4.08. The number of unbranched alkanes of at least 4 members (excludes halogenated alkanes) is 2. The molecule has 0 saturated carbocycles. The van der Waals surface area contributed by atoms with Gasteiger partial charge in [-0.1, -0.05) is 32.8 Å². The summed E-state index contributed by atoms with van der Waals surface area (Å²) in [7, 11) is 2.41. The number of methoxy groups -OCH3 is 2. The normalized spacial score (nSPS) is 13.6. The van der Waals surface area contributed by atoms with E-state index in [9.17, 15) is 14.7 Å². The van der Waals surface area contributed by atoms with Crippen molar-refractivity contribution in [2.45, 2.75) is 38.7 Å². The molecule has 0 spiro atoms. The third-order valence-electron chi connectivity index (χ3n) is 2.77. The average Bonchev–Trinajstić information content (AvgIpc) is 2.37. The highest BCUT2D eigenvalue weighted by molar-refractivity contribution is 5.95. The van der Waals surface area contributed by atoms with Crippen molar-refractivity contribution in [2.24, 2.45) is 5.92 Å². The van der Waals surface area contributed by atoms with Crippen LogP contribution in [0.25, 0.3) is 0 Å². The summed E-state index contributed by atoms with van der Waals surface area (Å²) >= 11 is 0. The minimum atomic E-state index is -1.06. The van der Waals surface area contributed by atoms with Gasteiger partial charge in [0.1, 0.15) is 5.92 Å². The molecule has 0 bridgehead atoms. The fraction of sp³-hybridized carbons (Fsp3) is 0.692. The monoisotopic (exact) mass is 258 g/mol. The Kier molecular flexibility index (Phi) is 8.03. The first-order valence-electron chi connectivity index (χ1n) is 6.02. The molecule has 5 heteroatoms. The van der Waals surface area contributed by atoms with E-state index in [2.05, 4.69) is 16.1 Å². The zero-order chi connectivity index (χ0) is 14.1. The molecule has 0 aliphatic heterocycles. The Balaban J connectivity index is 4.72. The number of aliphatic hydroxyl groups excluding tert-OH is 1. The highest BCUT2D eigenvalue weighted by Crippen LogP contribution is 2.21. The van der Waals surface area contributed by atoms with Gasteiger partial charge in [-0.15, -0.1) is 0 Å². The van der Waals surface area contributed by atoms with Crippen molar-refractivity contribution in [1.82, 2.24) is 0 Å². The van der Waals surface area contributed by atoms with Gasteiger partial charge >= 0.3 is 11.9 Å². The van der Waals surface area contributed by atoms with Gasteiger partial charge in [0.15, 0.2) is 0 Å². The number of ether oxygens (including phenoxy) is 2. The largest absolute Gasteiger partial charge is 0.468 e. The van der Waals surface area contributed by atoms with Crippen LogP contribution in [0.5, 0.6) is 0 Å². The maximum atomic E-state index is 11.6. The number of aliphatic hydroxyl groups is 1. The molecule has 0 aliphatic carbocycles. The molecule has 0 amide bonds.